The number of nitrogens with two attached hydrogens (primary N) is 2. The lowest BCUT2D eigenvalue weighted by Crippen LogP contribution is -2.22. The van der Waals surface area contributed by atoms with Gasteiger partial charge in [0.2, 0.25) is 0 Å². The number of fused-ring (bicyclic) bond motifs is 2. The molecule has 1 heterocycles. The van der Waals surface area contributed by atoms with Crippen LogP contribution in [0.15, 0.2) is 30.3 Å². The number of aliphatic hydroxyl groups is 1. The van der Waals surface area contributed by atoms with E-state index in [4.69, 9.17) is 20.9 Å². The van der Waals surface area contributed by atoms with Crippen LogP contribution in [0.5, 0.6) is 11.5 Å². The van der Waals surface area contributed by atoms with Gasteiger partial charge in [-0.05, 0) is 44.2 Å². The maximum atomic E-state index is 11.9. The third-order valence-corrected chi connectivity index (χ3v) is 3.77. The van der Waals surface area contributed by atoms with Gasteiger partial charge in [-0.2, -0.15) is 0 Å². The molecule has 0 saturated heterocycles. The van der Waals surface area contributed by atoms with E-state index in [9.17, 15) is 9.90 Å². The zero-order valence-electron chi connectivity index (χ0n) is 13.9. The Morgan fingerprint density at radius 3 is 2.68 bits per heavy atom. The topological polar surface area (TPSA) is 121 Å². The van der Waals surface area contributed by atoms with Crippen molar-refractivity contribution in [1.29, 1.82) is 0 Å². The van der Waals surface area contributed by atoms with Gasteiger partial charge in [0, 0.05) is 11.1 Å². The lowest BCUT2D eigenvalue weighted by molar-refractivity contribution is -0.142. The van der Waals surface area contributed by atoms with Gasteiger partial charge >= 0.3 is 5.97 Å². The van der Waals surface area contributed by atoms with Crippen molar-refractivity contribution in [1.82, 2.24) is 4.98 Å². The maximum absolute atomic E-state index is 11.9. The van der Waals surface area contributed by atoms with Crippen molar-refractivity contribution in [2.75, 3.05) is 18.1 Å². The van der Waals surface area contributed by atoms with Crippen LogP contribution in [0.2, 0.25) is 0 Å². The van der Waals surface area contributed by atoms with E-state index in [0.29, 0.717) is 45.5 Å². The number of carbonyl (C=O) groups is 1. The Labute approximate surface area is 144 Å². The third-order valence-electron chi connectivity index (χ3n) is 3.77. The predicted molar refractivity (Wildman–Crippen MR) is 96.6 cm³/mol. The fourth-order valence-electron chi connectivity index (χ4n) is 2.60. The van der Waals surface area contributed by atoms with E-state index in [0.717, 1.165) is 0 Å². The van der Waals surface area contributed by atoms with Crippen LogP contribution in [0.3, 0.4) is 0 Å². The molecule has 25 heavy (non-hydrogen) atoms. The zero-order valence-corrected chi connectivity index (χ0v) is 13.9. The molecule has 0 fully saturated rings. The van der Waals surface area contributed by atoms with Crippen LogP contribution in [0.1, 0.15) is 13.8 Å². The number of aliphatic hydroxyl groups excluding tert-OH is 1. The first-order valence-electron chi connectivity index (χ1n) is 7.86. The molecule has 0 amide bonds. The minimum Gasteiger partial charge on any atom is -0.490 e. The summed E-state index contributed by atoms with van der Waals surface area (Å²) in [4.78, 5) is 16.5. The Morgan fingerprint density at radius 1 is 1.24 bits per heavy atom. The molecular weight excluding hydrogens is 322 g/mol. The predicted octanol–water partition coefficient (Wildman–Crippen LogP) is 2.24. The summed E-state index contributed by atoms with van der Waals surface area (Å²) in [5.74, 6) is -0.300. The van der Waals surface area contributed by atoms with Crippen molar-refractivity contribution in [3.8, 4) is 11.5 Å². The number of benzene rings is 2. The molecule has 7 nitrogen and oxygen atoms in total. The van der Waals surface area contributed by atoms with Crippen LogP contribution in [-0.2, 0) is 4.79 Å². The Morgan fingerprint density at radius 2 is 2.00 bits per heavy atom. The smallest absolute Gasteiger partial charge is 0.340 e. The fraction of sp³-hybridized carbons (Fsp3) is 0.222. The highest BCUT2D eigenvalue weighted by Gasteiger charge is 2.21. The number of rotatable bonds is 4. The minimum absolute atomic E-state index is 0.147. The van der Waals surface area contributed by atoms with E-state index >= 15 is 0 Å². The van der Waals surface area contributed by atoms with E-state index in [2.05, 4.69) is 4.98 Å². The number of aromatic nitrogens is 1. The van der Waals surface area contributed by atoms with Crippen molar-refractivity contribution in [3.63, 3.8) is 0 Å². The quantitative estimate of drug-likeness (QED) is 0.288. The number of hydrogen-bond donors (Lipinski definition) is 3. The second kappa shape index (κ2) is 6.45. The number of anilines is 2. The lowest BCUT2D eigenvalue weighted by Gasteiger charge is -2.16. The Kier molecular flexibility index (Phi) is 4.33. The molecule has 0 saturated carbocycles. The molecular formula is C18H19N3O4. The highest BCUT2D eigenvalue weighted by atomic mass is 16.6. The van der Waals surface area contributed by atoms with Gasteiger partial charge < -0.3 is 26.0 Å². The van der Waals surface area contributed by atoms with Gasteiger partial charge in [0.15, 0.2) is 11.5 Å². The molecule has 2 aromatic carbocycles. The van der Waals surface area contributed by atoms with Gasteiger partial charge in [0.05, 0.1) is 28.7 Å². The van der Waals surface area contributed by atoms with Gasteiger partial charge in [-0.1, -0.05) is 0 Å². The fourth-order valence-corrected chi connectivity index (χ4v) is 2.60. The SMILES string of the molecule is CCOc1ccc2nc3cc(N)ccc3c(N)c2c1OC(=O)C(C)O. The van der Waals surface area contributed by atoms with E-state index < -0.39 is 12.1 Å². The Hall–Kier alpha value is -3.06. The van der Waals surface area contributed by atoms with Crippen molar-refractivity contribution in [2.45, 2.75) is 20.0 Å². The molecule has 0 aliphatic heterocycles. The van der Waals surface area contributed by atoms with Gasteiger partial charge in [-0.3, -0.25) is 0 Å². The summed E-state index contributed by atoms with van der Waals surface area (Å²) in [5, 5.41) is 10.6. The first kappa shape index (κ1) is 16.8. The number of esters is 1. The van der Waals surface area contributed by atoms with E-state index in [1.54, 1.807) is 30.3 Å². The first-order valence-corrected chi connectivity index (χ1v) is 7.86. The highest BCUT2D eigenvalue weighted by Crippen LogP contribution is 2.41. The molecule has 5 N–H and O–H groups in total. The second-order valence-corrected chi connectivity index (χ2v) is 5.62. The normalized spacial score (nSPS) is 12.3. The summed E-state index contributed by atoms with van der Waals surface area (Å²) >= 11 is 0. The van der Waals surface area contributed by atoms with E-state index in [1.807, 2.05) is 6.92 Å². The van der Waals surface area contributed by atoms with Gasteiger partial charge in [0.1, 0.15) is 6.10 Å². The molecule has 0 aliphatic rings. The highest BCUT2D eigenvalue weighted by molar-refractivity contribution is 6.10. The Bertz CT molecular complexity index is 970. The van der Waals surface area contributed by atoms with Crippen LogP contribution < -0.4 is 20.9 Å². The van der Waals surface area contributed by atoms with E-state index in [-0.39, 0.29) is 5.75 Å². The summed E-state index contributed by atoms with van der Waals surface area (Å²) in [6.07, 6.45) is -1.28. The van der Waals surface area contributed by atoms with Gasteiger partial charge in [-0.25, -0.2) is 9.78 Å². The summed E-state index contributed by atoms with van der Waals surface area (Å²) in [6.45, 7) is 3.52. The third kappa shape index (κ3) is 3.01. The molecule has 1 atom stereocenters. The second-order valence-electron chi connectivity index (χ2n) is 5.62. The van der Waals surface area contributed by atoms with Gasteiger partial charge in [-0.15, -0.1) is 0 Å². The van der Waals surface area contributed by atoms with Crippen LogP contribution >= 0.6 is 0 Å². The van der Waals surface area contributed by atoms with Gasteiger partial charge in [0.25, 0.3) is 0 Å². The number of carbonyl (C=O) groups excluding carboxylic acids is 1. The van der Waals surface area contributed by atoms with Crippen LogP contribution in [0.4, 0.5) is 11.4 Å². The molecule has 1 aromatic heterocycles. The van der Waals surface area contributed by atoms with Crippen molar-refractivity contribution in [3.05, 3.63) is 30.3 Å². The molecule has 3 rings (SSSR count). The van der Waals surface area contributed by atoms with Crippen LogP contribution in [0.25, 0.3) is 21.8 Å². The molecule has 0 aliphatic carbocycles. The molecule has 0 radical (unpaired) electrons. The molecule has 3 aromatic rings. The first-order chi connectivity index (χ1) is 11.9. The average molecular weight is 341 g/mol. The van der Waals surface area contributed by atoms with E-state index in [1.165, 1.54) is 6.92 Å². The zero-order chi connectivity index (χ0) is 18.1. The van der Waals surface area contributed by atoms with Crippen molar-refractivity contribution in [2.24, 2.45) is 0 Å². The average Bonchev–Trinajstić information content (AvgIpc) is 2.56. The summed E-state index contributed by atoms with van der Waals surface area (Å²) < 4.78 is 10.9. The largest absolute Gasteiger partial charge is 0.490 e. The molecule has 0 spiro atoms. The lowest BCUT2D eigenvalue weighted by atomic mass is 10.1. The summed E-state index contributed by atoms with van der Waals surface area (Å²) in [5.41, 5.74) is 14.3. The number of ether oxygens (including phenoxy) is 2. The standard InChI is InChI=1S/C18H19N3O4/c1-3-24-14-7-6-12-15(17(14)25-18(23)9(2)22)16(20)11-5-4-10(19)8-13(11)21-12/h4-9,22H,3,19H2,1-2H3,(H2,20,21). The molecule has 7 heteroatoms. The maximum Gasteiger partial charge on any atom is 0.340 e. The molecule has 0 bridgehead atoms. The Balaban J connectivity index is 2.33. The molecule has 1 unspecified atom stereocenters. The summed E-state index contributed by atoms with van der Waals surface area (Å²) in [6, 6.07) is 8.60. The monoisotopic (exact) mass is 341 g/mol. The number of nitrogens with zero attached hydrogens (tertiary/aromatic N) is 1. The summed E-state index contributed by atoms with van der Waals surface area (Å²) in [7, 11) is 0. The van der Waals surface area contributed by atoms with Crippen LogP contribution in [0, 0.1) is 0 Å². The van der Waals surface area contributed by atoms with Crippen LogP contribution in [-0.4, -0.2) is 28.8 Å². The van der Waals surface area contributed by atoms with Crippen molar-refractivity contribution < 1.29 is 19.4 Å². The number of pyridine rings is 1. The number of nitrogen functional groups attached to an aromatic ring is 2. The minimum atomic E-state index is -1.28. The number of hydrogen-bond acceptors (Lipinski definition) is 7. The van der Waals surface area contributed by atoms with Crippen molar-refractivity contribution >= 4 is 39.1 Å². The molecule has 130 valence electrons.